The summed E-state index contributed by atoms with van der Waals surface area (Å²) in [6, 6.07) is 4.37. The zero-order chi connectivity index (χ0) is 14.2. The van der Waals surface area contributed by atoms with Gasteiger partial charge in [0.1, 0.15) is 0 Å². The Morgan fingerprint density at radius 1 is 1.16 bits per heavy atom. The number of halogens is 2. The number of benzene rings is 1. The summed E-state index contributed by atoms with van der Waals surface area (Å²) in [6.07, 6.45) is 3.68. The third-order valence-electron chi connectivity index (χ3n) is 3.99. The normalized spacial score (nSPS) is 26.2. The van der Waals surface area contributed by atoms with Gasteiger partial charge >= 0.3 is 0 Å². The van der Waals surface area contributed by atoms with Gasteiger partial charge in [0.2, 0.25) is 0 Å². The molecule has 2 atom stereocenters. The summed E-state index contributed by atoms with van der Waals surface area (Å²) in [6.45, 7) is 9.01. The fourth-order valence-electron chi connectivity index (χ4n) is 3.43. The molecule has 3 heteroatoms. The highest BCUT2D eigenvalue weighted by Crippen LogP contribution is 2.40. The van der Waals surface area contributed by atoms with Crippen LogP contribution in [-0.4, -0.2) is 6.04 Å². The van der Waals surface area contributed by atoms with Crippen molar-refractivity contribution < 1.29 is 0 Å². The molecule has 1 saturated carbocycles. The highest BCUT2D eigenvalue weighted by Gasteiger charge is 2.32. The van der Waals surface area contributed by atoms with Crippen LogP contribution in [0.1, 0.15) is 45.6 Å². The smallest absolute Gasteiger partial charge is 0.0641 e. The van der Waals surface area contributed by atoms with Crippen molar-refractivity contribution in [3.63, 3.8) is 0 Å². The Labute approximate surface area is 126 Å². The van der Waals surface area contributed by atoms with E-state index < -0.39 is 0 Å². The molecule has 0 aliphatic heterocycles. The quantitative estimate of drug-likeness (QED) is 0.714. The van der Waals surface area contributed by atoms with Gasteiger partial charge in [-0.15, -0.1) is 0 Å². The molecule has 1 aliphatic carbocycles. The molecular weight excluding hydrogens is 277 g/mol. The van der Waals surface area contributed by atoms with Gasteiger partial charge in [0.25, 0.3) is 0 Å². The summed E-state index contributed by atoms with van der Waals surface area (Å²) in [5.74, 6) is 0.751. The van der Waals surface area contributed by atoms with E-state index in [1.54, 1.807) is 0 Å². The summed E-state index contributed by atoms with van der Waals surface area (Å²) >= 11 is 12.5. The Morgan fingerprint density at radius 2 is 1.84 bits per heavy atom. The third kappa shape index (κ3) is 3.79. The second-order valence-corrected chi connectivity index (χ2v) is 7.65. The van der Waals surface area contributed by atoms with Gasteiger partial charge in [0, 0.05) is 11.1 Å². The van der Waals surface area contributed by atoms with Crippen molar-refractivity contribution in [1.29, 1.82) is 0 Å². The molecule has 0 amide bonds. The predicted octanol–water partition coefficient (Wildman–Crippen LogP) is 5.93. The van der Waals surface area contributed by atoms with E-state index >= 15 is 0 Å². The van der Waals surface area contributed by atoms with Gasteiger partial charge in [-0.1, -0.05) is 44.0 Å². The van der Waals surface area contributed by atoms with Crippen LogP contribution in [0.2, 0.25) is 10.0 Å². The topological polar surface area (TPSA) is 12.0 Å². The van der Waals surface area contributed by atoms with Crippen LogP contribution in [0.15, 0.2) is 12.1 Å². The fourth-order valence-corrected chi connectivity index (χ4v) is 3.87. The number of hydrogen-bond donors (Lipinski definition) is 1. The largest absolute Gasteiger partial charge is 0.381 e. The van der Waals surface area contributed by atoms with E-state index in [9.17, 15) is 0 Å². The Hall–Kier alpha value is -0.400. The van der Waals surface area contributed by atoms with E-state index in [4.69, 9.17) is 23.2 Å². The molecule has 106 valence electrons. The maximum Gasteiger partial charge on any atom is 0.0641 e. The molecule has 1 N–H and O–H groups in total. The molecule has 0 bridgehead atoms. The Kier molecular flexibility index (Phi) is 4.37. The maximum atomic E-state index is 6.31. The first kappa shape index (κ1) is 15.0. The third-order valence-corrected chi connectivity index (χ3v) is 4.71. The number of anilines is 1. The van der Waals surface area contributed by atoms with Crippen LogP contribution >= 0.6 is 23.2 Å². The summed E-state index contributed by atoms with van der Waals surface area (Å²) in [7, 11) is 0. The van der Waals surface area contributed by atoms with Gasteiger partial charge < -0.3 is 5.32 Å². The monoisotopic (exact) mass is 299 g/mol. The highest BCUT2D eigenvalue weighted by atomic mass is 35.5. The molecule has 2 rings (SSSR count). The maximum absolute atomic E-state index is 6.31. The second-order valence-electron chi connectivity index (χ2n) is 6.84. The molecule has 0 radical (unpaired) electrons. The first-order chi connectivity index (χ1) is 8.77. The van der Waals surface area contributed by atoms with Crippen molar-refractivity contribution in [2.75, 3.05) is 5.32 Å². The lowest BCUT2D eigenvalue weighted by Crippen LogP contribution is -2.35. The lowest BCUT2D eigenvalue weighted by atomic mass is 9.70. The molecule has 0 aromatic heterocycles. The van der Waals surface area contributed by atoms with Crippen LogP contribution in [-0.2, 0) is 0 Å². The van der Waals surface area contributed by atoms with Crippen molar-refractivity contribution in [3.8, 4) is 0 Å². The predicted molar refractivity (Wildman–Crippen MR) is 85.4 cm³/mol. The van der Waals surface area contributed by atoms with Crippen molar-refractivity contribution in [1.82, 2.24) is 0 Å². The minimum Gasteiger partial charge on any atom is -0.381 e. The second kappa shape index (κ2) is 5.54. The van der Waals surface area contributed by atoms with Crippen LogP contribution in [0.5, 0.6) is 0 Å². The average molecular weight is 300 g/mol. The molecule has 19 heavy (non-hydrogen) atoms. The molecule has 1 nitrogen and oxygen atoms in total. The van der Waals surface area contributed by atoms with Crippen LogP contribution in [0.3, 0.4) is 0 Å². The number of rotatable bonds is 2. The summed E-state index contributed by atoms with van der Waals surface area (Å²) < 4.78 is 0. The number of nitrogens with one attached hydrogen (secondary N) is 1. The molecule has 1 aromatic rings. The van der Waals surface area contributed by atoms with E-state index in [2.05, 4.69) is 26.1 Å². The Morgan fingerprint density at radius 3 is 2.47 bits per heavy atom. The van der Waals surface area contributed by atoms with Crippen LogP contribution in [0.25, 0.3) is 0 Å². The fraction of sp³-hybridized carbons (Fsp3) is 0.625. The van der Waals surface area contributed by atoms with Crippen molar-refractivity contribution in [2.45, 2.75) is 53.0 Å². The van der Waals surface area contributed by atoms with E-state index in [0.29, 0.717) is 11.5 Å². The van der Waals surface area contributed by atoms with Gasteiger partial charge in [-0.3, -0.25) is 0 Å². The molecule has 0 spiro atoms. The SMILES string of the molecule is Cc1cc(Cl)c(NC2CC(C)CC(C)(C)C2)cc1Cl. The zero-order valence-corrected chi connectivity index (χ0v) is 13.7. The first-order valence-corrected chi connectivity index (χ1v) is 7.74. The van der Waals surface area contributed by atoms with Gasteiger partial charge in [0.05, 0.1) is 10.7 Å². The summed E-state index contributed by atoms with van der Waals surface area (Å²) in [5, 5.41) is 5.12. The van der Waals surface area contributed by atoms with E-state index in [0.717, 1.165) is 27.2 Å². The van der Waals surface area contributed by atoms with Crippen LogP contribution < -0.4 is 5.32 Å². The standard InChI is InChI=1S/C16H23Cl2N/c1-10-5-12(9-16(3,4)8-10)19-15-7-13(17)11(2)6-14(15)18/h6-7,10,12,19H,5,8-9H2,1-4H3. The Balaban J connectivity index is 2.15. The lowest BCUT2D eigenvalue weighted by Gasteiger charge is -2.39. The van der Waals surface area contributed by atoms with E-state index in [1.807, 2.05) is 19.1 Å². The molecule has 0 heterocycles. The molecular formula is C16H23Cl2N. The first-order valence-electron chi connectivity index (χ1n) is 6.99. The number of hydrogen-bond acceptors (Lipinski definition) is 1. The van der Waals surface area contributed by atoms with Gasteiger partial charge in [0.15, 0.2) is 0 Å². The summed E-state index contributed by atoms with van der Waals surface area (Å²) in [4.78, 5) is 0. The average Bonchev–Trinajstić information content (AvgIpc) is 2.22. The van der Waals surface area contributed by atoms with Crippen molar-refractivity contribution in [2.24, 2.45) is 11.3 Å². The minimum absolute atomic E-state index is 0.399. The van der Waals surface area contributed by atoms with Crippen LogP contribution in [0.4, 0.5) is 5.69 Å². The lowest BCUT2D eigenvalue weighted by molar-refractivity contribution is 0.178. The Bertz CT molecular complexity index is 468. The van der Waals surface area contributed by atoms with Crippen molar-refractivity contribution in [3.05, 3.63) is 27.7 Å². The van der Waals surface area contributed by atoms with Gasteiger partial charge in [-0.05, 0) is 55.2 Å². The molecule has 2 unspecified atom stereocenters. The molecule has 1 fully saturated rings. The zero-order valence-electron chi connectivity index (χ0n) is 12.2. The molecule has 1 aromatic carbocycles. The molecule has 1 aliphatic rings. The van der Waals surface area contributed by atoms with Gasteiger partial charge in [-0.25, -0.2) is 0 Å². The van der Waals surface area contributed by atoms with E-state index in [1.165, 1.54) is 19.3 Å². The van der Waals surface area contributed by atoms with E-state index in [-0.39, 0.29) is 0 Å². The van der Waals surface area contributed by atoms with Crippen LogP contribution in [0, 0.1) is 18.3 Å². The molecule has 0 saturated heterocycles. The minimum atomic E-state index is 0.399. The number of aryl methyl sites for hydroxylation is 1. The summed E-state index contributed by atoms with van der Waals surface area (Å²) in [5.41, 5.74) is 2.39. The highest BCUT2D eigenvalue weighted by molar-refractivity contribution is 6.35. The van der Waals surface area contributed by atoms with Gasteiger partial charge in [-0.2, -0.15) is 0 Å². The van der Waals surface area contributed by atoms with Crippen molar-refractivity contribution >= 4 is 28.9 Å².